The van der Waals surface area contributed by atoms with Crippen molar-refractivity contribution in [3.05, 3.63) is 83.9 Å². The van der Waals surface area contributed by atoms with E-state index in [-0.39, 0.29) is 28.1 Å². The molecule has 38 heavy (non-hydrogen) atoms. The van der Waals surface area contributed by atoms with Gasteiger partial charge in [0.05, 0.1) is 17.6 Å². The van der Waals surface area contributed by atoms with E-state index < -0.39 is 13.0 Å². The number of anilines is 1. The predicted molar refractivity (Wildman–Crippen MR) is 138 cm³/mol. The van der Waals surface area contributed by atoms with Gasteiger partial charge < -0.3 is 20.5 Å². The van der Waals surface area contributed by atoms with Crippen molar-refractivity contribution in [2.75, 3.05) is 5.32 Å². The molecule has 198 valence electrons. The zero-order valence-corrected chi connectivity index (χ0v) is 20.0. The number of halogens is 5. The van der Waals surface area contributed by atoms with Crippen LogP contribution in [0.2, 0.25) is 0 Å². The lowest BCUT2D eigenvalue weighted by Crippen LogP contribution is -2.24. The highest BCUT2D eigenvalue weighted by atomic mass is 32.1. The van der Waals surface area contributed by atoms with Crippen LogP contribution in [-0.4, -0.2) is 36.5 Å². The van der Waals surface area contributed by atoms with Crippen LogP contribution in [0.1, 0.15) is 11.1 Å². The van der Waals surface area contributed by atoms with Crippen LogP contribution in [0.5, 0.6) is 11.5 Å². The summed E-state index contributed by atoms with van der Waals surface area (Å²) in [6.07, 6.45) is -2.12. The summed E-state index contributed by atoms with van der Waals surface area (Å²) in [5.74, 6) is -0.271. The third-order valence-electron chi connectivity index (χ3n) is 4.41. The Balaban J connectivity index is 1.52. The lowest BCUT2D eigenvalue weighted by atomic mass is 10.1. The molecule has 0 heterocycles. The first-order chi connectivity index (χ1) is 18.1. The van der Waals surface area contributed by atoms with E-state index in [1.165, 1.54) is 36.8 Å². The monoisotopic (exact) mass is 550 g/mol. The van der Waals surface area contributed by atoms with E-state index in [2.05, 4.69) is 35.3 Å². The van der Waals surface area contributed by atoms with E-state index in [0.717, 1.165) is 12.1 Å². The van der Waals surface area contributed by atoms with Crippen LogP contribution in [0.3, 0.4) is 0 Å². The van der Waals surface area contributed by atoms with Crippen LogP contribution in [0.4, 0.5) is 33.3 Å². The van der Waals surface area contributed by atoms with Gasteiger partial charge >= 0.3 is 13.0 Å². The molecule has 0 saturated heterocycles. The number of hydrogen-bond donors (Lipinski definition) is 3. The van der Waals surface area contributed by atoms with Crippen molar-refractivity contribution in [1.82, 2.24) is 5.43 Å². The molecule has 0 spiro atoms. The molecular weight excluding hydrogens is 531 g/mol. The smallest absolute Gasteiger partial charge is 0.433 e. The van der Waals surface area contributed by atoms with Gasteiger partial charge in [-0.05, 0) is 54.2 Å². The second-order valence-electron chi connectivity index (χ2n) is 7.12. The summed E-state index contributed by atoms with van der Waals surface area (Å²) in [4.78, 5) is 8.03. The number of thiocarbonyl (C=S) groups is 1. The van der Waals surface area contributed by atoms with E-state index in [1.807, 2.05) is 0 Å². The fraction of sp³-hybridized carbons (Fsp3) is 0.0833. The second-order valence-corrected chi connectivity index (χ2v) is 7.53. The third kappa shape index (κ3) is 9.46. The van der Waals surface area contributed by atoms with Gasteiger partial charge in [0, 0.05) is 5.56 Å². The summed E-state index contributed by atoms with van der Waals surface area (Å²) in [7, 11) is 0. The van der Waals surface area contributed by atoms with Crippen molar-refractivity contribution in [3.63, 3.8) is 0 Å². The topological polar surface area (TPSA) is 106 Å². The summed E-state index contributed by atoms with van der Waals surface area (Å²) in [6, 6.07) is 17.8. The first-order valence-corrected chi connectivity index (χ1v) is 11.0. The average molecular weight is 551 g/mol. The highest BCUT2D eigenvalue weighted by molar-refractivity contribution is 7.80. The van der Waals surface area contributed by atoms with Crippen LogP contribution in [0.15, 0.2) is 87.9 Å². The predicted octanol–water partition coefficient (Wildman–Crippen LogP) is 5.57. The standard InChI is InChI=1S/C24H19F5N6O2S/c25-22(26)36-20-4-2-1-3-19(20)34-23(38)35-33-13-15-5-7-16(8-6-15)21(30)32-14-31-17-9-11-18(12-10-17)37-24(27,28)29/h1-14,22H,(H2,30,31,32)(H2,34,35,38)/b33-13+. The molecule has 0 atom stereocenters. The van der Waals surface area contributed by atoms with E-state index in [4.69, 9.17) is 18.0 Å². The first-order valence-electron chi connectivity index (χ1n) is 10.5. The number of nitrogens with one attached hydrogen (secondary N) is 2. The maximum atomic E-state index is 12.5. The summed E-state index contributed by atoms with van der Waals surface area (Å²) in [6.45, 7) is -2.98. The van der Waals surface area contributed by atoms with Gasteiger partial charge in [0.15, 0.2) is 5.11 Å². The maximum absolute atomic E-state index is 12.5. The average Bonchev–Trinajstić information content (AvgIpc) is 2.85. The summed E-state index contributed by atoms with van der Waals surface area (Å²) in [5, 5.41) is 6.77. The number of para-hydroxylation sites is 2. The second kappa shape index (κ2) is 13.1. The third-order valence-corrected chi connectivity index (χ3v) is 4.60. The summed E-state index contributed by atoms with van der Waals surface area (Å²) in [5.41, 5.74) is 10.4. The highest BCUT2D eigenvalue weighted by Crippen LogP contribution is 2.26. The number of nitrogens with zero attached hydrogens (tertiary/aromatic N) is 3. The molecule has 0 aliphatic carbocycles. The van der Waals surface area contributed by atoms with E-state index in [0.29, 0.717) is 16.8 Å². The Kier molecular flexibility index (Phi) is 9.65. The minimum Gasteiger partial charge on any atom is -0.433 e. The Morgan fingerprint density at radius 3 is 2.32 bits per heavy atom. The van der Waals surface area contributed by atoms with E-state index >= 15 is 0 Å². The minimum atomic E-state index is -4.77. The quantitative estimate of drug-likeness (QED) is 0.106. The van der Waals surface area contributed by atoms with Crippen molar-refractivity contribution in [2.45, 2.75) is 13.0 Å². The van der Waals surface area contributed by atoms with Crippen molar-refractivity contribution in [2.24, 2.45) is 20.8 Å². The Labute approximate surface area is 218 Å². The number of hydrogen-bond acceptors (Lipinski definition) is 5. The first kappa shape index (κ1) is 28.0. The molecule has 4 N–H and O–H groups in total. The minimum absolute atomic E-state index is 0.0568. The van der Waals surface area contributed by atoms with Gasteiger partial charge in [-0.25, -0.2) is 9.98 Å². The van der Waals surface area contributed by atoms with E-state index in [1.54, 1.807) is 36.4 Å². The maximum Gasteiger partial charge on any atom is 0.573 e. The molecule has 0 fully saturated rings. The van der Waals surface area contributed by atoms with Gasteiger partial charge in [-0.2, -0.15) is 13.9 Å². The normalized spacial score (nSPS) is 12.2. The highest BCUT2D eigenvalue weighted by Gasteiger charge is 2.30. The number of benzene rings is 3. The Hall–Kier alpha value is -4.59. The molecule has 14 heteroatoms. The van der Waals surface area contributed by atoms with Gasteiger partial charge in [-0.3, -0.25) is 5.43 Å². The van der Waals surface area contributed by atoms with Crippen LogP contribution in [0, 0.1) is 0 Å². The zero-order valence-electron chi connectivity index (χ0n) is 19.2. The molecule has 0 aromatic heterocycles. The molecule has 3 aromatic rings. The van der Waals surface area contributed by atoms with Crippen molar-refractivity contribution < 1.29 is 31.4 Å². The molecule has 0 aliphatic rings. The molecule has 0 radical (unpaired) electrons. The molecule has 3 aromatic carbocycles. The Bertz CT molecular complexity index is 1310. The largest absolute Gasteiger partial charge is 0.573 e. The zero-order chi connectivity index (χ0) is 27.5. The molecule has 0 unspecified atom stereocenters. The Morgan fingerprint density at radius 1 is 0.974 bits per heavy atom. The van der Waals surface area contributed by atoms with Gasteiger partial charge in [0.2, 0.25) is 0 Å². The van der Waals surface area contributed by atoms with Gasteiger partial charge in [0.25, 0.3) is 0 Å². The fourth-order valence-corrected chi connectivity index (χ4v) is 2.95. The summed E-state index contributed by atoms with van der Waals surface area (Å²) >= 11 is 5.11. The molecule has 0 bridgehead atoms. The number of ether oxygens (including phenoxy) is 2. The van der Waals surface area contributed by atoms with E-state index in [9.17, 15) is 22.0 Å². The SMILES string of the molecule is NC(=NC=Nc1ccc(OC(F)(F)F)cc1)c1ccc(/C=N/NC(=S)Nc2ccccc2OC(F)F)cc1. The lowest BCUT2D eigenvalue weighted by Gasteiger charge is -2.12. The number of rotatable bonds is 9. The molecular formula is C24H19F5N6O2S. The molecule has 8 nitrogen and oxygen atoms in total. The number of hydrazone groups is 1. The van der Waals surface area contributed by atoms with Crippen molar-refractivity contribution >= 4 is 47.1 Å². The molecule has 0 aliphatic heterocycles. The van der Waals surface area contributed by atoms with Crippen molar-refractivity contribution in [3.8, 4) is 11.5 Å². The van der Waals surface area contributed by atoms with Gasteiger partial charge in [0.1, 0.15) is 23.7 Å². The molecule has 0 amide bonds. The number of aliphatic imine (C=N–C) groups is 2. The van der Waals surface area contributed by atoms with Crippen LogP contribution in [0.25, 0.3) is 0 Å². The lowest BCUT2D eigenvalue weighted by molar-refractivity contribution is -0.274. The molecule has 3 rings (SSSR count). The summed E-state index contributed by atoms with van der Waals surface area (Å²) < 4.78 is 69.9. The van der Waals surface area contributed by atoms with Crippen LogP contribution >= 0.6 is 12.2 Å². The Morgan fingerprint density at radius 2 is 1.66 bits per heavy atom. The van der Waals surface area contributed by atoms with Crippen LogP contribution in [-0.2, 0) is 0 Å². The van der Waals surface area contributed by atoms with Gasteiger partial charge in [-0.15, -0.1) is 13.2 Å². The fourth-order valence-electron chi connectivity index (χ4n) is 2.79. The van der Waals surface area contributed by atoms with Gasteiger partial charge in [-0.1, -0.05) is 36.4 Å². The molecule has 0 saturated carbocycles. The van der Waals surface area contributed by atoms with Crippen molar-refractivity contribution in [1.29, 1.82) is 0 Å². The number of nitrogens with two attached hydrogens (primary N) is 1. The number of amidine groups is 1. The number of alkyl halides is 5. The van der Waals surface area contributed by atoms with Crippen LogP contribution < -0.4 is 25.9 Å².